The minimum atomic E-state index is -0.780. The molecule has 0 aliphatic carbocycles. The Morgan fingerprint density at radius 2 is 1.68 bits per heavy atom. The third-order valence-corrected chi connectivity index (χ3v) is 3.50. The highest BCUT2D eigenvalue weighted by Crippen LogP contribution is 2.13. The van der Waals surface area contributed by atoms with E-state index in [4.69, 9.17) is 5.73 Å². The number of imide groups is 1. The number of hydrogen-bond donors (Lipinski definition) is 3. The molecule has 0 radical (unpaired) electrons. The number of halogens is 1. The highest BCUT2D eigenvalue weighted by Gasteiger charge is 2.16. The molecule has 114 valence electrons. The van der Waals surface area contributed by atoms with Gasteiger partial charge in [0.15, 0.2) is 0 Å². The Bertz CT molecular complexity index is 644. The van der Waals surface area contributed by atoms with Crippen molar-refractivity contribution < 1.29 is 9.59 Å². The number of benzene rings is 2. The molecule has 1 unspecified atom stereocenters. The predicted octanol–water partition coefficient (Wildman–Crippen LogP) is 2.67. The fraction of sp³-hybridized carbons (Fsp3) is 0.125. The van der Waals surface area contributed by atoms with Crippen molar-refractivity contribution in [2.75, 3.05) is 5.32 Å². The number of hydrogen-bond acceptors (Lipinski definition) is 3. The van der Waals surface area contributed by atoms with E-state index in [1.54, 1.807) is 24.3 Å². The molecule has 0 aliphatic heterocycles. The van der Waals surface area contributed by atoms with Gasteiger partial charge in [-0.05, 0) is 36.2 Å². The van der Waals surface area contributed by atoms with Gasteiger partial charge in [-0.3, -0.25) is 10.1 Å². The summed E-state index contributed by atoms with van der Waals surface area (Å²) in [4.78, 5) is 23.7. The van der Waals surface area contributed by atoms with Gasteiger partial charge in [0.05, 0.1) is 6.04 Å². The lowest BCUT2D eigenvalue weighted by Crippen LogP contribution is -2.46. The van der Waals surface area contributed by atoms with Gasteiger partial charge in [-0.2, -0.15) is 0 Å². The highest BCUT2D eigenvalue weighted by molar-refractivity contribution is 9.10. The normalized spacial score (nSPS) is 11.5. The molecule has 0 aromatic heterocycles. The summed E-state index contributed by atoms with van der Waals surface area (Å²) in [6.07, 6.45) is 0.373. The second-order valence-corrected chi connectivity index (χ2v) is 5.66. The van der Waals surface area contributed by atoms with Crippen LogP contribution in [0.2, 0.25) is 0 Å². The molecule has 5 nitrogen and oxygen atoms in total. The molecule has 3 amide bonds. The molecule has 4 N–H and O–H groups in total. The quantitative estimate of drug-likeness (QED) is 0.782. The van der Waals surface area contributed by atoms with Gasteiger partial charge < -0.3 is 11.1 Å². The molecule has 0 spiro atoms. The Labute approximate surface area is 137 Å². The van der Waals surface area contributed by atoms with Crippen LogP contribution in [0.3, 0.4) is 0 Å². The lowest BCUT2D eigenvalue weighted by molar-refractivity contribution is -0.121. The summed E-state index contributed by atoms with van der Waals surface area (Å²) in [7, 11) is 0. The molecule has 0 saturated heterocycles. The second-order valence-electron chi connectivity index (χ2n) is 4.75. The zero-order valence-corrected chi connectivity index (χ0v) is 13.3. The largest absolute Gasteiger partial charge is 0.325 e. The van der Waals surface area contributed by atoms with Crippen molar-refractivity contribution in [2.24, 2.45) is 5.73 Å². The summed E-state index contributed by atoms with van der Waals surface area (Å²) in [6, 6.07) is 15.0. The summed E-state index contributed by atoms with van der Waals surface area (Å²) < 4.78 is 0.902. The monoisotopic (exact) mass is 361 g/mol. The first-order valence-corrected chi connectivity index (χ1v) is 7.51. The van der Waals surface area contributed by atoms with E-state index in [9.17, 15) is 9.59 Å². The smallest absolute Gasteiger partial charge is 0.320 e. The van der Waals surface area contributed by atoms with Gasteiger partial charge >= 0.3 is 6.03 Å². The molecule has 0 heterocycles. The lowest BCUT2D eigenvalue weighted by Gasteiger charge is -2.12. The highest BCUT2D eigenvalue weighted by atomic mass is 79.9. The summed E-state index contributed by atoms with van der Waals surface area (Å²) in [6.45, 7) is 0. The van der Waals surface area contributed by atoms with Crippen molar-refractivity contribution in [3.63, 3.8) is 0 Å². The Morgan fingerprint density at radius 1 is 1.05 bits per heavy atom. The third kappa shape index (κ3) is 4.98. The molecule has 2 aromatic carbocycles. The molecular weight excluding hydrogens is 346 g/mol. The van der Waals surface area contributed by atoms with Gasteiger partial charge in [-0.1, -0.05) is 46.3 Å². The third-order valence-electron chi connectivity index (χ3n) is 2.97. The molecule has 1 atom stereocenters. The molecule has 2 aromatic rings. The zero-order valence-electron chi connectivity index (χ0n) is 11.8. The van der Waals surface area contributed by atoms with E-state index in [1.165, 1.54) is 0 Å². The van der Waals surface area contributed by atoms with Gasteiger partial charge in [-0.25, -0.2) is 4.79 Å². The van der Waals surface area contributed by atoms with Crippen molar-refractivity contribution in [2.45, 2.75) is 12.5 Å². The zero-order chi connectivity index (χ0) is 15.9. The number of anilines is 1. The maximum Gasteiger partial charge on any atom is 0.325 e. The van der Waals surface area contributed by atoms with E-state index >= 15 is 0 Å². The number of carbonyl (C=O) groups excluding carboxylic acids is 2. The first-order chi connectivity index (χ1) is 10.5. The standard InChI is InChI=1S/C16H16BrN3O2/c17-12-6-8-13(9-7-12)19-16(22)20-15(21)14(18)10-11-4-2-1-3-5-11/h1-9,14H,10,18H2,(H2,19,20,21,22). The van der Waals surface area contributed by atoms with E-state index in [2.05, 4.69) is 26.6 Å². The maximum atomic E-state index is 11.9. The topological polar surface area (TPSA) is 84.2 Å². The average Bonchev–Trinajstić information content (AvgIpc) is 2.50. The van der Waals surface area contributed by atoms with Gasteiger partial charge in [0, 0.05) is 10.2 Å². The summed E-state index contributed by atoms with van der Waals surface area (Å²) in [5.41, 5.74) is 7.34. The Balaban J connectivity index is 1.85. The van der Waals surface area contributed by atoms with Gasteiger partial charge in [0.1, 0.15) is 0 Å². The number of nitrogens with one attached hydrogen (secondary N) is 2. The summed E-state index contributed by atoms with van der Waals surface area (Å²) in [5, 5.41) is 4.81. The number of amides is 3. The van der Waals surface area contributed by atoms with Crippen molar-refractivity contribution in [1.82, 2.24) is 5.32 Å². The Morgan fingerprint density at radius 3 is 2.32 bits per heavy atom. The predicted molar refractivity (Wildman–Crippen MR) is 89.4 cm³/mol. The molecule has 0 fully saturated rings. The molecular formula is C16H16BrN3O2. The Kier molecular flexibility index (Phi) is 5.68. The number of nitrogens with two attached hydrogens (primary N) is 1. The molecule has 0 saturated carbocycles. The van der Waals surface area contributed by atoms with Gasteiger partial charge in [0.25, 0.3) is 0 Å². The number of urea groups is 1. The van der Waals surface area contributed by atoms with Crippen molar-refractivity contribution >= 4 is 33.6 Å². The van der Waals surface area contributed by atoms with E-state index in [-0.39, 0.29) is 0 Å². The Hall–Kier alpha value is -2.18. The van der Waals surface area contributed by atoms with Crippen LogP contribution in [-0.2, 0) is 11.2 Å². The SMILES string of the molecule is NC(Cc1ccccc1)C(=O)NC(=O)Nc1ccc(Br)cc1. The fourth-order valence-corrected chi connectivity index (χ4v) is 2.13. The summed E-state index contributed by atoms with van der Waals surface area (Å²) in [5.74, 6) is -0.515. The van der Waals surface area contributed by atoms with Crippen LogP contribution in [-0.4, -0.2) is 18.0 Å². The van der Waals surface area contributed by atoms with Crippen LogP contribution in [0.25, 0.3) is 0 Å². The second kappa shape index (κ2) is 7.72. The average molecular weight is 362 g/mol. The van der Waals surface area contributed by atoms with Crippen molar-refractivity contribution in [3.05, 3.63) is 64.6 Å². The molecule has 22 heavy (non-hydrogen) atoms. The van der Waals surface area contributed by atoms with Crippen LogP contribution in [0.1, 0.15) is 5.56 Å². The van der Waals surface area contributed by atoms with Crippen LogP contribution < -0.4 is 16.4 Å². The van der Waals surface area contributed by atoms with Crippen LogP contribution in [0.4, 0.5) is 10.5 Å². The summed E-state index contributed by atoms with van der Waals surface area (Å²) >= 11 is 3.30. The first-order valence-electron chi connectivity index (χ1n) is 6.71. The maximum absolute atomic E-state index is 11.9. The minimum absolute atomic E-state index is 0.373. The van der Waals surface area contributed by atoms with E-state index in [0.717, 1.165) is 10.0 Å². The van der Waals surface area contributed by atoms with Crippen LogP contribution >= 0.6 is 15.9 Å². The van der Waals surface area contributed by atoms with Crippen LogP contribution in [0, 0.1) is 0 Å². The molecule has 0 bridgehead atoms. The minimum Gasteiger partial charge on any atom is -0.320 e. The van der Waals surface area contributed by atoms with Crippen LogP contribution in [0.5, 0.6) is 0 Å². The first kappa shape index (κ1) is 16.2. The molecule has 6 heteroatoms. The number of carbonyl (C=O) groups is 2. The van der Waals surface area contributed by atoms with Gasteiger partial charge in [-0.15, -0.1) is 0 Å². The van der Waals surface area contributed by atoms with Gasteiger partial charge in [0.2, 0.25) is 5.91 Å². The van der Waals surface area contributed by atoms with Crippen LogP contribution in [0.15, 0.2) is 59.1 Å². The van der Waals surface area contributed by atoms with Crippen molar-refractivity contribution in [1.29, 1.82) is 0 Å². The van der Waals surface area contributed by atoms with Crippen molar-refractivity contribution in [3.8, 4) is 0 Å². The molecule has 2 rings (SSSR count). The van der Waals surface area contributed by atoms with E-state index < -0.39 is 18.0 Å². The van der Waals surface area contributed by atoms with E-state index in [1.807, 2.05) is 30.3 Å². The number of rotatable bonds is 4. The molecule has 0 aliphatic rings. The lowest BCUT2D eigenvalue weighted by atomic mass is 10.1. The van der Waals surface area contributed by atoms with E-state index in [0.29, 0.717) is 12.1 Å². The fourth-order valence-electron chi connectivity index (χ4n) is 1.86.